The van der Waals surface area contributed by atoms with E-state index in [0.717, 1.165) is 22.4 Å². The molecule has 0 saturated carbocycles. The minimum absolute atomic E-state index is 0.205. The van der Waals surface area contributed by atoms with Gasteiger partial charge in [0.15, 0.2) is 17.2 Å². The Balaban J connectivity index is 1.87. The van der Waals surface area contributed by atoms with Gasteiger partial charge in [0, 0.05) is 31.5 Å². The van der Waals surface area contributed by atoms with Gasteiger partial charge in [-0.05, 0) is 35.4 Å². The Morgan fingerprint density at radius 2 is 2.06 bits per heavy atom. The molecule has 3 aromatic rings. The second kappa shape index (κ2) is 8.95. The molecule has 0 saturated heterocycles. The van der Waals surface area contributed by atoms with E-state index >= 15 is 0 Å². The Morgan fingerprint density at radius 3 is 2.77 bits per heavy atom. The van der Waals surface area contributed by atoms with Crippen molar-refractivity contribution in [1.82, 2.24) is 10.3 Å². The van der Waals surface area contributed by atoms with Gasteiger partial charge in [0.1, 0.15) is 6.61 Å². The lowest BCUT2D eigenvalue weighted by molar-refractivity contribution is 0.0958. The maximum Gasteiger partial charge on any atom is 0.254 e. The predicted molar refractivity (Wildman–Crippen MR) is 119 cm³/mol. The molecule has 0 fully saturated rings. The predicted octanol–water partition coefficient (Wildman–Crippen LogP) is 3.52. The topological polar surface area (TPSA) is 72.9 Å². The van der Waals surface area contributed by atoms with Gasteiger partial charge in [-0.2, -0.15) is 0 Å². The first-order valence-corrected chi connectivity index (χ1v) is 10.0. The third kappa shape index (κ3) is 3.99. The largest absolute Gasteiger partial charge is 0.493 e. The quantitative estimate of drug-likeness (QED) is 0.659. The average Bonchev–Trinajstić information content (AvgIpc) is 2.83. The average molecular weight is 419 g/mol. The fraction of sp³-hybridized carbons (Fsp3) is 0.250. The number of amides is 1. The van der Waals surface area contributed by atoms with Gasteiger partial charge in [-0.3, -0.25) is 9.78 Å². The molecular weight excluding hydrogens is 394 g/mol. The SMILES string of the molecule is CNC(=O)c1cc(-c2cccc(OC)c2OC)cc2c1OCCN2Cc1cccnc1. The number of ether oxygens (including phenoxy) is 3. The van der Waals surface area contributed by atoms with Gasteiger partial charge < -0.3 is 24.4 Å². The lowest BCUT2D eigenvalue weighted by Crippen LogP contribution is -2.33. The summed E-state index contributed by atoms with van der Waals surface area (Å²) < 4.78 is 17.1. The summed E-state index contributed by atoms with van der Waals surface area (Å²) in [6, 6.07) is 13.5. The van der Waals surface area contributed by atoms with E-state index in [4.69, 9.17) is 14.2 Å². The number of hydrogen-bond acceptors (Lipinski definition) is 6. The number of aromatic nitrogens is 1. The molecule has 7 heteroatoms. The standard InChI is InChI=1S/C24H25N3O4/c1-25-24(28)19-12-17(18-7-4-8-21(29-2)23(18)30-3)13-20-22(19)31-11-10-27(20)15-16-6-5-9-26-14-16/h4-9,12-14H,10-11,15H2,1-3H3,(H,25,28). The summed E-state index contributed by atoms with van der Waals surface area (Å²) in [6.07, 6.45) is 3.61. The number of nitrogens with zero attached hydrogens (tertiary/aromatic N) is 2. The monoisotopic (exact) mass is 419 g/mol. The van der Waals surface area contributed by atoms with Crippen LogP contribution in [0.2, 0.25) is 0 Å². The van der Waals surface area contributed by atoms with Crippen molar-refractivity contribution in [2.75, 3.05) is 39.3 Å². The Labute approximate surface area is 181 Å². The third-order valence-corrected chi connectivity index (χ3v) is 5.30. The molecule has 4 rings (SSSR count). The molecule has 0 atom stereocenters. The van der Waals surface area contributed by atoms with Gasteiger partial charge in [0.25, 0.3) is 5.91 Å². The fourth-order valence-electron chi connectivity index (χ4n) is 3.83. The zero-order valence-corrected chi connectivity index (χ0v) is 17.8. The van der Waals surface area contributed by atoms with Crippen molar-refractivity contribution in [1.29, 1.82) is 0 Å². The van der Waals surface area contributed by atoms with Crippen molar-refractivity contribution in [3.8, 4) is 28.4 Å². The van der Waals surface area contributed by atoms with Gasteiger partial charge in [-0.1, -0.05) is 18.2 Å². The number of nitrogens with one attached hydrogen (secondary N) is 1. The normalized spacial score (nSPS) is 12.5. The number of fused-ring (bicyclic) bond motifs is 1. The van der Waals surface area contributed by atoms with Crippen LogP contribution < -0.4 is 24.4 Å². The van der Waals surface area contributed by atoms with Crippen LogP contribution >= 0.6 is 0 Å². The molecule has 0 aliphatic carbocycles. The van der Waals surface area contributed by atoms with E-state index < -0.39 is 0 Å². The van der Waals surface area contributed by atoms with Crippen molar-refractivity contribution < 1.29 is 19.0 Å². The summed E-state index contributed by atoms with van der Waals surface area (Å²) in [7, 11) is 4.83. The zero-order valence-electron chi connectivity index (χ0n) is 17.8. The van der Waals surface area contributed by atoms with Crippen LogP contribution in [0.15, 0.2) is 54.9 Å². The van der Waals surface area contributed by atoms with Crippen LogP contribution in [0.1, 0.15) is 15.9 Å². The fourth-order valence-corrected chi connectivity index (χ4v) is 3.83. The van der Waals surface area contributed by atoms with Gasteiger partial charge in [-0.25, -0.2) is 0 Å². The number of para-hydroxylation sites is 1. The van der Waals surface area contributed by atoms with Gasteiger partial charge in [0.2, 0.25) is 0 Å². The highest BCUT2D eigenvalue weighted by atomic mass is 16.5. The molecule has 0 spiro atoms. The lowest BCUT2D eigenvalue weighted by atomic mass is 9.98. The second-order valence-electron chi connectivity index (χ2n) is 7.12. The van der Waals surface area contributed by atoms with Crippen molar-refractivity contribution >= 4 is 11.6 Å². The Bertz CT molecular complexity index is 1090. The minimum Gasteiger partial charge on any atom is -0.493 e. The molecule has 1 N–H and O–H groups in total. The Hall–Kier alpha value is -3.74. The van der Waals surface area contributed by atoms with Gasteiger partial charge in [-0.15, -0.1) is 0 Å². The summed E-state index contributed by atoms with van der Waals surface area (Å²) in [5, 5.41) is 2.72. The van der Waals surface area contributed by atoms with Crippen molar-refractivity contribution in [2.45, 2.75) is 6.54 Å². The zero-order chi connectivity index (χ0) is 21.8. The van der Waals surface area contributed by atoms with Crippen LogP contribution in [0.3, 0.4) is 0 Å². The van der Waals surface area contributed by atoms with Gasteiger partial charge in [0.05, 0.1) is 32.0 Å². The summed E-state index contributed by atoms with van der Waals surface area (Å²) in [5.74, 6) is 1.62. The molecule has 160 valence electrons. The molecular formula is C24H25N3O4. The molecule has 1 aliphatic heterocycles. The maximum absolute atomic E-state index is 12.7. The highest BCUT2D eigenvalue weighted by molar-refractivity contribution is 6.01. The Kier molecular flexibility index (Phi) is 5.93. The molecule has 2 aromatic carbocycles. The molecule has 7 nitrogen and oxygen atoms in total. The van der Waals surface area contributed by atoms with E-state index in [1.807, 2.05) is 48.7 Å². The lowest BCUT2D eigenvalue weighted by Gasteiger charge is -2.33. The van der Waals surface area contributed by atoms with Crippen molar-refractivity contribution in [2.24, 2.45) is 0 Å². The van der Waals surface area contributed by atoms with Crippen molar-refractivity contribution in [3.63, 3.8) is 0 Å². The van der Waals surface area contributed by atoms with Crippen LogP contribution in [0.5, 0.6) is 17.2 Å². The van der Waals surface area contributed by atoms with Crippen LogP contribution in [0.25, 0.3) is 11.1 Å². The summed E-state index contributed by atoms with van der Waals surface area (Å²) in [4.78, 5) is 19.2. The first-order chi connectivity index (χ1) is 15.2. The van der Waals surface area contributed by atoms with E-state index in [-0.39, 0.29) is 5.91 Å². The number of methoxy groups -OCH3 is 2. The van der Waals surface area contributed by atoms with E-state index in [2.05, 4.69) is 15.2 Å². The molecule has 31 heavy (non-hydrogen) atoms. The molecule has 1 amide bonds. The number of rotatable bonds is 6. The van der Waals surface area contributed by atoms with Crippen LogP contribution in [0, 0.1) is 0 Å². The number of hydrogen-bond donors (Lipinski definition) is 1. The number of pyridine rings is 1. The summed E-state index contributed by atoms with van der Waals surface area (Å²) in [5.41, 5.74) is 4.10. The summed E-state index contributed by atoms with van der Waals surface area (Å²) >= 11 is 0. The molecule has 0 unspecified atom stereocenters. The number of benzene rings is 2. The van der Waals surface area contributed by atoms with Gasteiger partial charge >= 0.3 is 0 Å². The highest BCUT2D eigenvalue weighted by Gasteiger charge is 2.26. The van der Waals surface area contributed by atoms with Crippen molar-refractivity contribution in [3.05, 3.63) is 66.0 Å². The Morgan fingerprint density at radius 1 is 1.19 bits per heavy atom. The first kappa shape index (κ1) is 20.5. The maximum atomic E-state index is 12.7. The van der Waals surface area contributed by atoms with Crippen LogP contribution in [0.4, 0.5) is 5.69 Å². The smallest absolute Gasteiger partial charge is 0.254 e. The minimum atomic E-state index is -0.205. The molecule has 1 aromatic heterocycles. The number of carbonyl (C=O) groups excluding carboxylic acids is 1. The van der Waals surface area contributed by atoms with Crippen LogP contribution in [-0.2, 0) is 6.54 Å². The molecule has 0 bridgehead atoms. The number of anilines is 1. The molecule has 0 radical (unpaired) electrons. The highest BCUT2D eigenvalue weighted by Crippen LogP contribution is 2.44. The molecule has 1 aliphatic rings. The molecule has 2 heterocycles. The second-order valence-corrected chi connectivity index (χ2v) is 7.12. The van der Waals surface area contributed by atoms with E-state index in [1.54, 1.807) is 27.5 Å². The number of carbonyl (C=O) groups is 1. The van der Waals surface area contributed by atoms with E-state index in [9.17, 15) is 4.79 Å². The van der Waals surface area contributed by atoms with E-state index in [1.165, 1.54) is 0 Å². The third-order valence-electron chi connectivity index (χ3n) is 5.30. The van der Waals surface area contributed by atoms with Crippen LogP contribution in [-0.4, -0.2) is 45.3 Å². The first-order valence-electron chi connectivity index (χ1n) is 10.0. The van der Waals surface area contributed by atoms with E-state index in [0.29, 0.717) is 42.5 Å². The summed E-state index contributed by atoms with van der Waals surface area (Å²) in [6.45, 7) is 1.86.